The molecule has 0 aliphatic rings. The SMILES string of the molecule is C=C(NC(C)(C)CC(C)(C)C)C(C)C. The van der Waals surface area contributed by atoms with Crippen LogP contribution in [0.2, 0.25) is 0 Å². The fraction of sp³-hybridized carbons (Fsp3) is 0.846. The van der Waals surface area contributed by atoms with Gasteiger partial charge in [-0.05, 0) is 31.6 Å². The van der Waals surface area contributed by atoms with E-state index in [-0.39, 0.29) is 5.54 Å². The van der Waals surface area contributed by atoms with Crippen LogP contribution in [0.1, 0.15) is 54.9 Å². The topological polar surface area (TPSA) is 12.0 Å². The van der Waals surface area contributed by atoms with Gasteiger partial charge in [-0.1, -0.05) is 41.2 Å². The van der Waals surface area contributed by atoms with E-state index in [9.17, 15) is 0 Å². The van der Waals surface area contributed by atoms with Crippen LogP contribution in [0.25, 0.3) is 0 Å². The second-order valence-corrected chi connectivity index (χ2v) is 6.43. The standard InChI is InChI=1S/C13H27N/c1-10(2)11(3)14-13(7,8)9-12(4,5)6/h10,14H,3,9H2,1-2,4-8H3. The molecule has 0 fully saturated rings. The first-order chi connectivity index (χ1) is 6.03. The van der Waals surface area contributed by atoms with Crippen LogP contribution < -0.4 is 5.32 Å². The third kappa shape index (κ3) is 6.06. The van der Waals surface area contributed by atoms with Gasteiger partial charge in [0.05, 0.1) is 0 Å². The van der Waals surface area contributed by atoms with Crippen LogP contribution >= 0.6 is 0 Å². The molecule has 0 atom stereocenters. The molecule has 0 aromatic carbocycles. The molecule has 0 unspecified atom stereocenters. The van der Waals surface area contributed by atoms with Gasteiger partial charge in [-0.25, -0.2) is 0 Å². The van der Waals surface area contributed by atoms with E-state index in [0.29, 0.717) is 11.3 Å². The van der Waals surface area contributed by atoms with Gasteiger partial charge in [-0.15, -0.1) is 0 Å². The highest BCUT2D eigenvalue weighted by molar-refractivity contribution is 5.01. The Morgan fingerprint density at radius 1 is 1.14 bits per heavy atom. The fourth-order valence-electron chi connectivity index (χ4n) is 1.95. The minimum Gasteiger partial charge on any atom is -0.384 e. The first-order valence-corrected chi connectivity index (χ1v) is 5.50. The normalized spacial score (nSPS) is 13.1. The summed E-state index contributed by atoms with van der Waals surface area (Å²) in [4.78, 5) is 0. The highest BCUT2D eigenvalue weighted by atomic mass is 15.0. The van der Waals surface area contributed by atoms with Crippen LogP contribution in [-0.4, -0.2) is 5.54 Å². The van der Waals surface area contributed by atoms with Crippen LogP contribution in [0, 0.1) is 11.3 Å². The lowest BCUT2D eigenvalue weighted by atomic mass is 9.81. The number of rotatable bonds is 4. The van der Waals surface area contributed by atoms with Crippen molar-refractivity contribution in [2.45, 2.75) is 60.4 Å². The first-order valence-electron chi connectivity index (χ1n) is 5.50. The zero-order valence-electron chi connectivity index (χ0n) is 11.0. The van der Waals surface area contributed by atoms with Gasteiger partial charge in [0, 0.05) is 11.2 Å². The maximum atomic E-state index is 4.06. The molecule has 0 aromatic rings. The Morgan fingerprint density at radius 3 is 1.86 bits per heavy atom. The predicted octanol–water partition coefficient (Wildman–Crippen LogP) is 3.96. The van der Waals surface area contributed by atoms with Gasteiger partial charge in [0.1, 0.15) is 0 Å². The number of hydrogen-bond donors (Lipinski definition) is 1. The molecular weight excluding hydrogens is 170 g/mol. The second-order valence-electron chi connectivity index (χ2n) is 6.43. The van der Waals surface area contributed by atoms with Crippen molar-refractivity contribution in [2.75, 3.05) is 0 Å². The molecule has 1 N–H and O–H groups in total. The van der Waals surface area contributed by atoms with Gasteiger partial charge in [-0.2, -0.15) is 0 Å². The van der Waals surface area contributed by atoms with E-state index in [1.54, 1.807) is 0 Å². The van der Waals surface area contributed by atoms with Crippen molar-refractivity contribution in [3.8, 4) is 0 Å². The van der Waals surface area contributed by atoms with Crippen LogP contribution in [0.4, 0.5) is 0 Å². The largest absolute Gasteiger partial charge is 0.384 e. The Bertz CT molecular complexity index is 194. The van der Waals surface area contributed by atoms with Crippen molar-refractivity contribution in [1.82, 2.24) is 5.32 Å². The summed E-state index contributed by atoms with van der Waals surface area (Å²) in [6, 6.07) is 0. The molecule has 0 spiro atoms. The molecule has 84 valence electrons. The second kappa shape index (κ2) is 4.37. The summed E-state index contributed by atoms with van der Waals surface area (Å²) in [5.74, 6) is 0.509. The summed E-state index contributed by atoms with van der Waals surface area (Å²) in [6.45, 7) is 19.7. The van der Waals surface area contributed by atoms with E-state index in [4.69, 9.17) is 0 Å². The van der Waals surface area contributed by atoms with Crippen LogP contribution in [0.15, 0.2) is 12.3 Å². The summed E-state index contributed by atoms with van der Waals surface area (Å²) >= 11 is 0. The number of nitrogens with one attached hydrogen (secondary N) is 1. The lowest BCUT2D eigenvalue weighted by Gasteiger charge is -2.35. The molecular formula is C13H27N. The molecule has 0 saturated heterocycles. The molecule has 0 radical (unpaired) electrons. The van der Waals surface area contributed by atoms with Gasteiger partial charge in [0.2, 0.25) is 0 Å². The minimum absolute atomic E-state index is 0.138. The van der Waals surface area contributed by atoms with Crippen molar-refractivity contribution in [2.24, 2.45) is 11.3 Å². The van der Waals surface area contributed by atoms with E-state index < -0.39 is 0 Å². The lowest BCUT2D eigenvalue weighted by molar-refractivity contribution is 0.251. The molecule has 0 aromatic heterocycles. The minimum atomic E-state index is 0.138. The Balaban J connectivity index is 4.28. The maximum absolute atomic E-state index is 4.06. The van der Waals surface area contributed by atoms with E-state index in [1.165, 1.54) is 0 Å². The fourth-order valence-corrected chi connectivity index (χ4v) is 1.95. The Hall–Kier alpha value is -0.460. The smallest absolute Gasteiger partial charge is 0.0319 e. The number of hydrogen-bond acceptors (Lipinski definition) is 1. The van der Waals surface area contributed by atoms with E-state index >= 15 is 0 Å². The van der Waals surface area contributed by atoms with Crippen molar-refractivity contribution in [1.29, 1.82) is 0 Å². The summed E-state index contributed by atoms with van der Waals surface area (Å²) < 4.78 is 0. The van der Waals surface area contributed by atoms with Gasteiger partial charge < -0.3 is 5.32 Å². The third-order valence-electron chi connectivity index (χ3n) is 2.17. The van der Waals surface area contributed by atoms with Crippen molar-refractivity contribution in [3.05, 3.63) is 12.3 Å². The molecule has 0 heterocycles. The average molecular weight is 197 g/mol. The highest BCUT2D eigenvalue weighted by Crippen LogP contribution is 2.27. The predicted molar refractivity (Wildman–Crippen MR) is 65.3 cm³/mol. The quantitative estimate of drug-likeness (QED) is 0.719. The average Bonchev–Trinajstić information content (AvgIpc) is 1.78. The van der Waals surface area contributed by atoms with Crippen molar-refractivity contribution in [3.63, 3.8) is 0 Å². The molecule has 0 aliphatic carbocycles. The Kier molecular flexibility index (Phi) is 4.23. The third-order valence-corrected chi connectivity index (χ3v) is 2.17. The lowest BCUT2D eigenvalue weighted by Crippen LogP contribution is -2.42. The molecule has 14 heavy (non-hydrogen) atoms. The zero-order chi connectivity index (χ0) is 11.6. The summed E-state index contributed by atoms with van der Waals surface area (Å²) in [5.41, 5.74) is 1.63. The van der Waals surface area contributed by atoms with Crippen LogP contribution in [-0.2, 0) is 0 Å². The molecule has 1 nitrogen and oxygen atoms in total. The summed E-state index contributed by atoms with van der Waals surface area (Å²) in [7, 11) is 0. The monoisotopic (exact) mass is 197 g/mol. The van der Waals surface area contributed by atoms with Gasteiger partial charge >= 0.3 is 0 Å². The highest BCUT2D eigenvalue weighted by Gasteiger charge is 2.25. The van der Waals surface area contributed by atoms with E-state index in [2.05, 4.69) is 60.4 Å². The maximum Gasteiger partial charge on any atom is 0.0319 e. The Morgan fingerprint density at radius 2 is 1.57 bits per heavy atom. The molecule has 0 bridgehead atoms. The first kappa shape index (κ1) is 13.5. The van der Waals surface area contributed by atoms with Crippen molar-refractivity contribution >= 4 is 0 Å². The van der Waals surface area contributed by atoms with Gasteiger partial charge in [0.15, 0.2) is 0 Å². The Labute approximate surface area is 90.0 Å². The van der Waals surface area contributed by atoms with E-state index in [1.807, 2.05) is 0 Å². The molecule has 0 rings (SSSR count). The zero-order valence-corrected chi connectivity index (χ0v) is 11.0. The van der Waals surface area contributed by atoms with Crippen LogP contribution in [0.3, 0.4) is 0 Å². The molecule has 0 aliphatic heterocycles. The molecule has 0 saturated carbocycles. The number of allylic oxidation sites excluding steroid dienone is 1. The van der Waals surface area contributed by atoms with E-state index in [0.717, 1.165) is 12.1 Å². The van der Waals surface area contributed by atoms with Gasteiger partial charge in [0.25, 0.3) is 0 Å². The molecule has 1 heteroatoms. The van der Waals surface area contributed by atoms with Gasteiger partial charge in [-0.3, -0.25) is 0 Å². The molecule has 0 amide bonds. The van der Waals surface area contributed by atoms with Crippen LogP contribution in [0.5, 0.6) is 0 Å². The summed E-state index contributed by atoms with van der Waals surface area (Å²) in [5, 5.41) is 3.52. The summed E-state index contributed by atoms with van der Waals surface area (Å²) in [6.07, 6.45) is 1.14. The van der Waals surface area contributed by atoms with Crippen molar-refractivity contribution < 1.29 is 0 Å².